The molecule has 0 radical (unpaired) electrons. The van der Waals surface area contributed by atoms with Crippen LogP contribution in [0, 0.1) is 5.82 Å². The van der Waals surface area contributed by atoms with Gasteiger partial charge in [0.2, 0.25) is 0 Å². The van der Waals surface area contributed by atoms with E-state index in [4.69, 9.17) is 21.8 Å². The summed E-state index contributed by atoms with van der Waals surface area (Å²) in [4.78, 5) is 21.7. The van der Waals surface area contributed by atoms with E-state index in [0.29, 0.717) is 0 Å². The van der Waals surface area contributed by atoms with E-state index < -0.39 is 23.9 Å². The van der Waals surface area contributed by atoms with Crippen LogP contribution in [0.2, 0.25) is 5.02 Å². The number of carbonyl (C=O) groups excluding carboxylic acids is 1. The molecule has 0 spiro atoms. The molecule has 0 saturated carbocycles. The number of anilines is 1. The van der Waals surface area contributed by atoms with Gasteiger partial charge < -0.3 is 20.8 Å². The van der Waals surface area contributed by atoms with Crippen molar-refractivity contribution >= 4 is 29.3 Å². The van der Waals surface area contributed by atoms with E-state index in [2.05, 4.69) is 10.6 Å². The fourth-order valence-electron chi connectivity index (χ4n) is 1.20. The molecular formula is C11H12ClFN2O4. The molecule has 1 rings (SSSR count). The molecule has 8 heteroatoms. The van der Waals surface area contributed by atoms with Gasteiger partial charge >= 0.3 is 12.0 Å². The number of aliphatic carboxylic acids is 1. The third-order valence-corrected chi connectivity index (χ3v) is 2.47. The molecule has 0 heterocycles. The molecule has 0 aliphatic rings. The van der Waals surface area contributed by atoms with Crippen molar-refractivity contribution in [3.05, 3.63) is 29.0 Å². The van der Waals surface area contributed by atoms with E-state index in [9.17, 15) is 14.0 Å². The fraction of sp³-hybridized carbons (Fsp3) is 0.273. The van der Waals surface area contributed by atoms with Crippen LogP contribution in [0.5, 0.6) is 0 Å². The Kier molecular flexibility index (Phi) is 5.53. The topological polar surface area (TPSA) is 98.7 Å². The summed E-state index contributed by atoms with van der Waals surface area (Å²) in [5.74, 6) is -2.03. The molecule has 0 saturated heterocycles. The highest BCUT2D eigenvalue weighted by Gasteiger charge is 2.12. The van der Waals surface area contributed by atoms with Gasteiger partial charge in [0.25, 0.3) is 0 Å². The van der Waals surface area contributed by atoms with Crippen molar-refractivity contribution in [2.24, 2.45) is 0 Å². The average Bonchev–Trinajstić information content (AvgIpc) is 2.33. The molecule has 6 nitrogen and oxygen atoms in total. The smallest absolute Gasteiger partial charge is 0.332 e. The normalized spacial score (nSPS) is 11.7. The van der Waals surface area contributed by atoms with Crippen molar-refractivity contribution in [3.8, 4) is 0 Å². The van der Waals surface area contributed by atoms with Gasteiger partial charge in [-0.15, -0.1) is 0 Å². The molecule has 4 N–H and O–H groups in total. The van der Waals surface area contributed by atoms with Crippen LogP contribution in [0.1, 0.15) is 6.42 Å². The van der Waals surface area contributed by atoms with Crippen molar-refractivity contribution in [1.82, 2.24) is 5.32 Å². The highest BCUT2D eigenvalue weighted by atomic mass is 35.5. The van der Waals surface area contributed by atoms with Crippen LogP contribution in [0.3, 0.4) is 0 Å². The number of rotatable bonds is 5. The third-order valence-electron chi connectivity index (χ3n) is 2.17. The predicted octanol–water partition coefficient (Wildman–Crippen LogP) is 1.44. The number of halogens is 2. The van der Waals surface area contributed by atoms with Gasteiger partial charge in [-0.05, 0) is 18.2 Å². The minimum Gasteiger partial charge on any atom is -0.479 e. The number of carbonyl (C=O) groups is 2. The van der Waals surface area contributed by atoms with Crippen LogP contribution in [0.15, 0.2) is 18.2 Å². The molecule has 104 valence electrons. The van der Waals surface area contributed by atoms with Gasteiger partial charge in [0.15, 0.2) is 6.10 Å². The van der Waals surface area contributed by atoms with Crippen LogP contribution >= 0.6 is 11.6 Å². The Morgan fingerprint density at radius 2 is 2.11 bits per heavy atom. The highest BCUT2D eigenvalue weighted by Crippen LogP contribution is 2.18. The van der Waals surface area contributed by atoms with Crippen LogP contribution in [0.25, 0.3) is 0 Å². The molecular weight excluding hydrogens is 279 g/mol. The second-order valence-electron chi connectivity index (χ2n) is 3.65. The summed E-state index contributed by atoms with van der Waals surface area (Å²) in [5.41, 5.74) is 0.207. The lowest BCUT2D eigenvalue weighted by Crippen LogP contribution is -2.33. The summed E-state index contributed by atoms with van der Waals surface area (Å²) < 4.78 is 13.1. The van der Waals surface area contributed by atoms with Gasteiger partial charge in [-0.1, -0.05) is 11.6 Å². The molecule has 1 atom stereocenters. The molecule has 0 aromatic heterocycles. The molecule has 0 fully saturated rings. The number of aliphatic hydroxyl groups is 1. The lowest BCUT2D eigenvalue weighted by molar-refractivity contribution is -0.146. The summed E-state index contributed by atoms with van der Waals surface area (Å²) in [7, 11) is 0. The molecule has 1 unspecified atom stereocenters. The van der Waals surface area contributed by atoms with E-state index in [-0.39, 0.29) is 23.7 Å². The largest absolute Gasteiger partial charge is 0.479 e. The number of hydrogen-bond donors (Lipinski definition) is 4. The Labute approximate surface area is 113 Å². The van der Waals surface area contributed by atoms with Crippen molar-refractivity contribution in [2.75, 3.05) is 11.9 Å². The number of benzene rings is 1. The zero-order chi connectivity index (χ0) is 14.4. The number of carboxylic acids is 1. The van der Waals surface area contributed by atoms with Gasteiger partial charge in [0.1, 0.15) is 5.82 Å². The first-order valence-electron chi connectivity index (χ1n) is 5.31. The molecule has 0 aliphatic heterocycles. The standard InChI is InChI=1S/C11H12ClFN2O4/c12-7-2-1-6(5-8(7)13)15-11(19)14-4-3-9(16)10(17)18/h1-2,5,9,16H,3-4H2,(H,17,18)(H2,14,15,19). The Balaban J connectivity index is 2.39. The van der Waals surface area contributed by atoms with E-state index in [1.165, 1.54) is 12.1 Å². The molecule has 2 amide bonds. The second-order valence-corrected chi connectivity index (χ2v) is 4.06. The average molecular weight is 291 g/mol. The van der Waals surface area contributed by atoms with Crippen LogP contribution < -0.4 is 10.6 Å². The maximum atomic E-state index is 13.1. The van der Waals surface area contributed by atoms with Crippen LogP contribution in [0.4, 0.5) is 14.9 Å². The molecule has 0 aliphatic carbocycles. The first-order chi connectivity index (χ1) is 8.90. The van der Waals surface area contributed by atoms with Gasteiger partial charge in [-0.3, -0.25) is 0 Å². The number of carboxylic acid groups (broad SMARTS) is 1. The maximum Gasteiger partial charge on any atom is 0.332 e. The molecule has 0 bridgehead atoms. The quantitative estimate of drug-likeness (QED) is 0.659. The van der Waals surface area contributed by atoms with E-state index >= 15 is 0 Å². The summed E-state index contributed by atoms with van der Waals surface area (Å²) in [6, 6.07) is 3.12. The van der Waals surface area contributed by atoms with Crippen molar-refractivity contribution < 1.29 is 24.2 Å². The lowest BCUT2D eigenvalue weighted by Gasteiger charge is -2.09. The minimum atomic E-state index is -1.53. The summed E-state index contributed by atoms with van der Waals surface area (Å²) in [6.45, 7) is -0.0324. The monoisotopic (exact) mass is 290 g/mol. The van der Waals surface area contributed by atoms with E-state index in [1.807, 2.05) is 0 Å². The summed E-state index contributed by atoms with van der Waals surface area (Å²) in [6.07, 6.45) is -1.66. The first kappa shape index (κ1) is 15.2. The number of hydrogen-bond acceptors (Lipinski definition) is 3. The minimum absolute atomic E-state index is 0.0324. The first-order valence-corrected chi connectivity index (χ1v) is 5.68. The summed E-state index contributed by atoms with van der Waals surface area (Å²) in [5, 5.41) is 22.0. The van der Waals surface area contributed by atoms with Crippen molar-refractivity contribution in [3.63, 3.8) is 0 Å². The van der Waals surface area contributed by atoms with Gasteiger partial charge in [0.05, 0.1) is 5.02 Å². The molecule has 1 aromatic carbocycles. The lowest BCUT2D eigenvalue weighted by atomic mass is 10.2. The zero-order valence-electron chi connectivity index (χ0n) is 9.69. The SMILES string of the molecule is O=C(NCCC(O)C(=O)O)Nc1ccc(Cl)c(F)c1. The van der Waals surface area contributed by atoms with Crippen molar-refractivity contribution in [2.45, 2.75) is 12.5 Å². The second kappa shape index (κ2) is 6.91. The zero-order valence-corrected chi connectivity index (χ0v) is 10.4. The van der Waals surface area contributed by atoms with E-state index in [0.717, 1.165) is 6.07 Å². The third kappa shape index (κ3) is 5.11. The maximum absolute atomic E-state index is 13.1. The van der Waals surface area contributed by atoms with Crippen molar-refractivity contribution in [1.29, 1.82) is 0 Å². The van der Waals surface area contributed by atoms with Gasteiger partial charge in [0, 0.05) is 18.7 Å². The molecule has 19 heavy (non-hydrogen) atoms. The van der Waals surface area contributed by atoms with Gasteiger partial charge in [-0.2, -0.15) is 0 Å². The Morgan fingerprint density at radius 3 is 2.68 bits per heavy atom. The summed E-state index contributed by atoms with van der Waals surface area (Å²) >= 11 is 5.48. The number of nitrogens with one attached hydrogen (secondary N) is 2. The van der Waals surface area contributed by atoms with E-state index in [1.54, 1.807) is 0 Å². The fourth-order valence-corrected chi connectivity index (χ4v) is 1.31. The number of urea groups is 1. The number of aliphatic hydroxyl groups excluding tert-OH is 1. The van der Waals surface area contributed by atoms with Crippen LogP contribution in [-0.4, -0.2) is 34.9 Å². The highest BCUT2D eigenvalue weighted by molar-refractivity contribution is 6.30. The predicted molar refractivity (Wildman–Crippen MR) is 66.7 cm³/mol. The Hall–Kier alpha value is -1.86. The Bertz CT molecular complexity index is 484. The molecule has 1 aromatic rings. The van der Waals surface area contributed by atoms with Crippen LogP contribution in [-0.2, 0) is 4.79 Å². The Morgan fingerprint density at radius 1 is 1.42 bits per heavy atom. The number of amides is 2. The van der Waals surface area contributed by atoms with Gasteiger partial charge in [-0.25, -0.2) is 14.0 Å².